The van der Waals surface area contributed by atoms with Crippen LogP contribution >= 0.6 is 112 Å². The lowest BCUT2D eigenvalue weighted by Gasteiger charge is -2.31. The first kappa shape index (κ1) is 116. The topological polar surface area (TPSA) is 33.3 Å². The lowest BCUT2D eigenvalue weighted by atomic mass is 10.0. The molecule has 5 heterocycles. The minimum absolute atomic E-state index is 0.191. The number of nitrogens with zero attached hydrogens (tertiary/aromatic N) is 5. The van der Waals surface area contributed by atoms with Crippen LogP contribution in [0.2, 0.25) is 0 Å². The molecule has 0 radical (unpaired) electrons. The van der Waals surface area contributed by atoms with Crippen molar-refractivity contribution >= 4 is 560 Å². The molecule has 0 spiro atoms. The van der Waals surface area contributed by atoms with Crippen LogP contribution in [0.25, 0.3) is 135 Å². The fourth-order valence-corrected chi connectivity index (χ4v) is 98.9. The SMILES string of the molecule is Brc1ccc(Br)c2sccc12.PPP(P)P(P)P.S=S=S=S=S=S=S=S=S=S=S=S=S=S=S.S=S=S=S=S=S=S=S=S=S=S=S=S=S=S=S.c1ccc(-n2c3ccccc3c3cc(N(c4cccc5ccccc45)c4ccc(N(c5ccc6c(c5)c5ccccc5n6-c5ccccc5)c5cccc6ccccc56)c5sccc45)ccc32)cc1.c1ccc(-n2c3ccccc3c3cc(Nc4cccc5ccccc45)ccc32)cc1. The Balaban J connectivity index is 0.000000153. The third kappa shape index (κ3) is 30.2. The normalized spacial score (nSPS) is 10.9. The van der Waals surface area contributed by atoms with Crippen LogP contribution in [-0.4, -0.2) is 13.7 Å². The quantitative estimate of drug-likeness (QED) is 0.115. The summed E-state index contributed by atoms with van der Waals surface area (Å²) in [5, 5.41) is 25.1. The summed E-state index contributed by atoms with van der Waals surface area (Å²) in [5.41, 5.74) is 19.6. The summed E-state index contributed by atoms with van der Waals surface area (Å²) in [6.45, 7) is 0.452. The molecule has 17 aromatic carbocycles. The van der Waals surface area contributed by atoms with Gasteiger partial charge in [0.1, 0.15) is 0 Å². The van der Waals surface area contributed by atoms with E-state index in [4.69, 9.17) is 44.8 Å². The molecule has 0 saturated heterocycles. The van der Waals surface area contributed by atoms with Crippen molar-refractivity contribution in [2.45, 2.75) is 0 Å². The van der Waals surface area contributed by atoms with E-state index in [-0.39, 0.29) is 14.0 Å². The molecule has 0 aliphatic rings. The van der Waals surface area contributed by atoms with Crippen molar-refractivity contribution in [3.8, 4) is 17.1 Å². The highest BCUT2D eigenvalue weighted by Gasteiger charge is 2.27. The second-order valence-corrected chi connectivity index (χ2v) is 104. The van der Waals surface area contributed by atoms with E-state index in [1.54, 1.807) is 227 Å². The maximum Gasteiger partial charge on any atom is 0.0641 e. The van der Waals surface area contributed by atoms with Crippen molar-refractivity contribution in [3.05, 3.63) is 402 Å². The van der Waals surface area contributed by atoms with Crippen molar-refractivity contribution in [1.29, 1.82) is 0 Å². The minimum Gasteiger partial charge on any atom is -0.355 e. The summed E-state index contributed by atoms with van der Waals surface area (Å²) in [6.07, 6.45) is 0. The maximum absolute atomic E-state index is 4.73. The second-order valence-electron chi connectivity index (χ2n) is 30.2. The molecule has 0 bridgehead atoms. The summed E-state index contributed by atoms with van der Waals surface area (Å²) < 4.78 is 12.0. The van der Waals surface area contributed by atoms with Crippen LogP contribution in [-0.2, 0) is 285 Å². The van der Waals surface area contributed by atoms with E-state index in [0.29, 0.717) is 0 Å². The van der Waals surface area contributed by atoms with Crippen LogP contribution < -0.4 is 15.1 Å². The predicted octanol–water partition coefficient (Wildman–Crippen LogP) is 34.0. The molecule has 5 aromatic heterocycles. The van der Waals surface area contributed by atoms with Crippen LogP contribution in [0.4, 0.5) is 45.5 Å². The van der Waals surface area contributed by atoms with Gasteiger partial charge in [0.05, 0.1) is 60.5 Å². The van der Waals surface area contributed by atoms with Gasteiger partial charge in [0.2, 0.25) is 0 Å². The molecule has 6 atom stereocenters. The number of hydrogen-bond donors (Lipinski definition) is 1. The number of nitrogens with one attached hydrogen (secondary N) is 1. The molecule has 1 N–H and O–H groups in total. The van der Waals surface area contributed by atoms with Crippen LogP contribution in [0.15, 0.2) is 402 Å². The number of halogens is 2. The van der Waals surface area contributed by atoms with E-state index < -0.39 is 0 Å². The van der Waals surface area contributed by atoms with Crippen LogP contribution in [0.3, 0.4) is 0 Å². The number of para-hydroxylation sites is 6. The van der Waals surface area contributed by atoms with Crippen molar-refractivity contribution < 1.29 is 0 Å². The molecular weight excluding hydrogens is 2720 g/mol. The van der Waals surface area contributed by atoms with Gasteiger partial charge in [0, 0.05) is 397 Å². The number of aromatic nitrogens is 3. The lowest BCUT2D eigenvalue weighted by Crippen LogP contribution is -2.13. The standard InChI is InChI=1S/C64H42N4S.C28H20N2.C8H4Br2S.H9P7.S16.S15/c1-3-21-45(22-4-1)65-58-29-13-11-27-51(58)54-41-47(33-35-61(54)65)67(56-31-15-19-43-17-7-9-25-49(43)56)60-37-38-63(64-53(60)39-40-69-64)68(57-32-16-20-44-18-8-10-26-50(44)57)48-34-36-62-55(42-48)52-28-12-14-30-59(52)66(62)46-23-5-2-6-24-46;1-2-11-22(12-3-1)30-27-16-7-6-14-24(27)25-19-21(17-18-28(25)30)29-26-15-8-10-20-9-4-5-13-23(20)26;9-6-1-2-7(10)8-5(6)3-4-11-8;1-5-7(4)6(2)3;1-3-5-7-9-11-13-15-16-14-12-10-8-6-4-2;1-3-5-7-9-11-13-15-14-12-10-8-6-4-2/h1-42H;1-19,29H;1-4H;5H,1-4H2;;. The van der Waals surface area contributed by atoms with Crippen LogP contribution in [0.1, 0.15) is 0 Å². The Morgan fingerprint density at radius 2 is 0.574 bits per heavy atom. The summed E-state index contributed by atoms with van der Waals surface area (Å²) in [6, 6.07) is 138. The Kier molecular flexibility index (Phi) is 48.1. The summed E-state index contributed by atoms with van der Waals surface area (Å²) >= 11 is 29.5. The monoisotopic (exact) mass is 2790 g/mol. The molecule has 22 rings (SSSR count). The third-order valence-electron chi connectivity index (χ3n) is 22.3. The van der Waals surface area contributed by atoms with Gasteiger partial charge in [-0.3, -0.25) is 0 Å². The first-order chi connectivity index (χ1) is 72.9. The average molecular weight is 2800 g/mol. The van der Waals surface area contributed by atoms with Gasteiger partial charge in [-0.1, -0.05) is 242 Å². The smallest absolute Gasteiger partial charge is 0.0641 e. The third-order valence-corrected chi connectivity index (χ3v) is 112. The highest BCUT2D eigenvalue weighted by Crippen LogP contribution is 2.92. The number of anilines is 8. The molecule has 0 amide bonds. The van der Waals surface area contributed by atoms with Gasteiger partial charge in [-0.15, -0.1) is 58.4 Å². The Morgan fingerprint density at radius 1 is 0.264 bits per heavy atom. The van der Waals surface area contributed by atoms with Crippen molar-refractivity contribution in [1.82, 2.24) is 13.7 Å². The van der Waals surface area contributed by atoms with Crippen molar-refractivity contribution in [2.24, 2.45) is 0 Å². The fourth-order valence-electron chi connectivity index (χ4n) is 16.7. The molecule has 22 aromatic rings. The first-order valence-electron chi connectivity index (χ1n) is 43.1. The zero-order valence-electron chi connectivity index (χ0n) is 75.7. The summed E-state index contributed by atoms with van der Waals surface area (Å²) in [7, 11) is 57.7. The van der Waals surface area contributed by atoms with Crippen LogP contribution in [0.5, 0.6) is 0 Å². The molecule has 48 heteroatoms. The van der Waals surface area contributed by atoms with Gasteiger partial charge in [0.25, 0.3) is 0 Å². The molecule has 148 heavy (non-hydrogen) atoms. The average Bonchev–Trinajstić information content (AvgIpc) is 1.58. The molecule has 0 fully saturated rings. The van der Waals surface area contributed by atoms with Gasteiger partial charge in [0.15, 0.2) is 0 Å². The van der Waals surface area contributed by atoms with E-state index in [1.165, 1.54) is 164 Å². The number of thiophene rings is 2. The number of benzene rings is 17. The molecular formula is C100H75Br2N6P7S33. The Bertz CT molecular complexity index is 9720. The van der Waals surface area contributed by atoms with Gasteiger partial charge in [-0.25, -0.2) is 0 Å². The predicted molar refractivity (Wildman–Crippen MR) is 769 cm³/mol. The number of hydrogen-bond acceptors (Lipinski definition) is 9. The zero-order chi connectivity index (χ0) is 102. The number of fused-ring (bicyclic) bond motifs is 14. The minimum atomic E-state index is 0.191. The second kappa shape index (κ2) is 61.4. The maximum atomic E-state index is 4.73. The summed E-state index contributed by atoms with van der Waals surface area (Å²) in [5.74, 6) is 0. The molecule has 0 saturated carbocycles. The molecule has 752 valence electrons. The van der Waals surface area contributed by atoms with Crippen LogP contribution in [0, 0.1) is 0 Å². The molecule has 6 unspecified atom stereocenters. The molecule has 6 nitrogen and oxygen atoms in total. The van der Waals surface area contributed by atoms with Crippen molar-refractivity contribution in [2.75, 3.05) is 15.1 Å². The lowest BCUT2D eigenvalue weighted by molar-refractivity contribution is 1.18. The van der Waals surface area contributed by atoms with Gasteiger partial charge < -0.3 is 28.8 Å². The van der Waals surface area contributed by atoms with E-state index in [0.717, 1.165) is 69.3 Å². The first-order valence-corrected chi connectivity index (χ1v) is 97.0. The Morgan fingerprint density at radius 3 is 0.973 bits per heavy atom. The van der Waals surface area contributed by atoms with E-state index >= 15 is 0 Å². The Hall–Kier alpha value is -2.97. The summed E-state index contributed by atoms with van der Waals surface area (Å²) in [4.78, 5) is 4.98. The van der Waals surface area contributed by atoms with Crippen molar-refractivity contribution in [3.63, 3.8) is 0 Å². The Labute approximate surface area is 992 Å². The molecule has 0 aliphatic carbocycles. The fraction of sp³-hybridized carbons (Fsp3) is 0. The largest absolute Gasteiger partial charge is 0.355 e. The highest BCUT2D eigenvalue weighted by molar-refractivity contribution is 9.11. The number of rotatable bonds is 13. The van der Waals surface area contributed by atoms with Gasteiger partial charge in [-0.05, 0) is 221 Å². The van der Waals surface area contributed by atoms with E-state index in [1.807, 2.05) is 0 Å². The molecule has 0 aliphatic heterocycles. The zero-order valence-corrected chi connectivity index (χ0v) is 113. The van der Waals surface area contributed by atoms with Gasteiger partial charge in [-0.2, -0.15) is 0 Å². The van der Waals surface area contributed by atoms with E-state index in [9.17, 15) is 0 Å². The van der Waals surface area contributed by atoms with Gasteiger partial charge >= 0.3 is 0 Å². The highest BCUT2D eigenvalue weighted by atomic mass is 79.9. The van der Waals surface area contributed by atoms with E-state index in [2.05, 4.69) is 489 Å².